The number of carbonyl (C=O) groups is 3. The minimum absolute atomic E-state index is 0.135. The number of carbonyl (C=O) groups excluding carboxylic acids is 2. The van der Waals surface area contributed by atoms with E-state index in [4.69, 9.17) is 16.7 Å². The van der Waals surface area contributed by atoms with Gasteiger partial charge in [-0.25, -0.2) is 4.79 Å². The molecule has 136 valence electrons. The highest BCUT2D eigenvalue weighted by molar-refractivity contribution is 6.30. The van der Waals surface area contributed by atoms with Crippen molar-refractivity contribution in [2.75, 3.05) is 6.54 Å². The molecule has 1 aromatic rings. The number of rotatable bonds is 8. The van der Waals surface area contributed by atoms with Crippen molar-refractivity contribution in [3.05, 3.63) is 34.9 Å². The molecule has 0 aromatic heterocycles. The molecule has 2 rings (SSSR count). The van der Waals surface area contributed by atoms with Crippen LogP contribution in [0.4, 0.5) is 0 Å². The number of hydrogen-bond acceptors (Lipinski definition) is 3. The maximum Gasteiger partial charge on any atom is 0.326 e. The Kier molecular flexibility index (Phi) is 6.06. The molecule has 1 fully saturated rings. The third-order valence-electron chi connectivity index (χ3n) is 4.33. The first-order valence-corrected chi connectivity index (χ1v) is 8.69. The van der Waals surface area contributed by atoms with Crippen LogP contribution in [0.2, 0.25) is 5.02 Å². The fourth-order valence-electron chi connectivity index (χ4n) is 2.81. The molecule has 0 heterocycles. The van der Waals surface area contributed by atoms with Crippen molar-refractivity contribution < 1.29 is 19.5 Å². The van der Waals surface area contributed by atoms with Crippen molar-refractivity contribution in [2.45, 2.75) is 44.6 Å². The number of carboxylic acids is 1. The zero-order valence-electron chi connectivity index (χ0n) is 14.3. The van der Waals surface area contributed by atoms with Crippen molar-refractivity contribution in [3.8, 4) is 0 Å². The lowest BCUT2D eigenvalue weighted by Gasteiger charge is -2.18. The number of aliphatic carboxylic acids is 1. The van der Waals surface area contributed by atoms with E-state index in [1.165, 1.54) is 0 Å². The third kappa shape index (κ3) is 4.95. The van der Waals surface area contributed by atoms with Crippen molar-refractivity contribution in [1.82, 2.24) is 10.6 Å². The Hall–Kier alpha value is -2.08. The molecule has 25 heavy (non-hydrogen) atoms. The third-order valence-corrected chi connectivity index (χ3v) is 4.58. The number of carboxylic acid groups (broad SMARTS) is 1. The van der Waals surface area contributed by atoms with Crippen molar-refractivity contribution in [3.63, 3.8) is 0 Å². The summed E-state index contributed by atoms with van der Waals surface area (Å²) in [5.74, 6) is -1.67. The lowest BCUT2D eigenvalue weighted by molar-refractivity contribution is -0.142. The van der Waals surface area contributed by atoms with Gasteiger partial charge in [0.15, 0.2) is 0 Å². The van der Waals surface area contributed by atoms with E-state index >= 15 is 0 Å². The van der Waals surface area contributed by atoms with Crippen LogP contribution in [-0.2, 0) is 19.8 Å². The largest absolute Gasteiger partial charge is 0.480 e. The summed E-state index contributed by atoms with van der Waals surface area (Å²) in [6, 6.07) is 6.16. The van der Waals surface area contributed by atoms with E-state index < -0.39 is 23.3 Å². The zero-order valence-corrected chi connectivity index (χ0v) is 15.1. The fraction of sp³-hybridized carbons (Fsp3) is 0.500. The zero-order chi connectivity index (χ0) is 18.6. The van der Waals surface area contributed by atoms with Crippen LogP contribution in [-0.4, -0.2) is 35.5 Å². The number of nitrogens with one attached hydrogen (secondary N) is 2. The maximum absolute atomic E-state index is 12.5. The highest BCUT2D eigenvalue weighted by atomic mass is 35.5. The lowest BCUT2D eigenvalue weighted by Crippen LogP contribution is -2.47. The van der Waals surface area contributed by atoms with Gasteiger partial charge in [0.25, 0.3) is 0 Å². The molecule has 6 nitrogen and oxygen atoms in total. The van der Waals surface area contributed by atoms with Crippen LogP contribution in [0.5, 0.6) is 0 Å². The summed E-state index contributed by atoms with van der Waals surface area (Å²) in [7, 11) is 0. The topological polar surface area (TPSA) is 95.5 Å². The Morgan fingerprint density at radius 1 is 1.20 bits per heavy atom. The van der Waals surface area contributed by atoms with E-state index in [2.05, 4.69) is 10.6 Å². The van der Waals surface area contributed by atoms with Crippen molar-refractivity contribution >= 4 is 29.4 Å². The highest BCUT2D eigenvalue weighted by Crippen LogP contribution is 2.48. The van der Waals surface area contributed by atoms with Crippen LogP contribution in [0.1, 0.15) is 38.7 Å². The molecule has 1 aromatic carbocycles. The van der Waals surface area contributed by atoms with Gasteiger partial charge in [0.2, 0.25) is 11.8 Å². The van der Waals surface area contributed by atoms with Crippen LogP contribution >= 0.6 is 11.6 Å². The number of hydrogen-bond donors (Lipinski definition) is 3. The molecule has 3 N–H and O–H groups in total. The van der Waals surface area contributed by atoms with E-state index in [1.807, 2.05) is 26.0 Å². The molecule has 1 aliphatic carbocycles. The number of halogens is 1. The number of amides is 2. The van der Waals surface area contributed by atoms with E-state index in [-0.39, 0.29) is 18.4 Å². The molecule has 0 spiro atoms. The molecule has 2 amide bonds. The molecule has 0 bridgehead atoms. The summed E-state index contributed by atoms with van der Waals surface area (Å²) in [5.41, 5.74) is 0.271. The van der Waals surface area contributed by atoms with Gasteiger partial charge < -0.3 is 15.7 Å². The van der Waals surface area contributed by atoms with E-state index in [0.717, 1.165) is 5.56 Å². The first-order chi connectivity index (χ1) is 11.7. The average Bonchev–Trinajstić information content (AvgIpc) is 3.34. The van der Waals surface area contributed by atoms with Crippen LogP contribution < -0.4 is 10.6 Å². The van der Waals surface area contributed by atoms with Gasteiger partial charge in [-0.15, -0.1) is 0 Å². The predicted octanol–water partition coefficient (Wildman–Crippen LogP) is 2.10. The van der Waals surface area contributed by atoms with E-state index in [0.29, 0.717) is 24.3 Å². The molecule has 1 aliphatic rings. The Morgan fingerprint density at radius 3 is 2.28 bits per heavy atom. The first kappa shape index (κ1) is 19.2. The molecule has 0 unspecified atom stereocenters. The van der Waals surface area contributed by atoms with E-state index in [1.54, 1.807) is 12.1 Å². The highest BCUT2D eigenvalue weighted by Gasteiger charge is 2.51. The average molecular weight is 367 g/mol. The molecule has 1 atom stereocenters. The minimum atomic E-state index is -1.08. The van der Waals surface area contributed by atoms with Crippen LogP contribution in [0.25, 0.3) is 0 Å². The van der Waals surface area contributed by atoms with Crippen molar-refractivity contribution in [1.29, 1.82) is 0 Å². The Labute approximate surface area is 151 Å². The van der Waals surface area contributed by atoms with Gasteiger partial charge in [-0.3, -0.25) is 9.59 Å². The second-order valence-corrected chi connectivity index (χ2v) is 7.30. The molecule has 0 aliphatic heterocycles. The molecule has 7 heteroatoms. The summed E-state index contributed by atoms with van der Waals surface area (Å²) < 4.78 is 0. The van der Waals surface area contributed by atoms with Gasteiger partial charge in [-0.05, 0) is 42.9 Å². The lowest BCUT2D eigenvalue weighted by atomic mass is 9.95. The maximum atomic E-state index is 12.5. The fourth-order valence-corrected chi connectivity index (χ4v) is 2.93. The van der Waals surface area contributed by atoms with Crippen LogP contribution in [0.15, 0.2) is 24.3 Å². The summed E-state index contributed by atoms with van der Waals surface area (Å²) in [5, 5.41) is 14.8. The van der Waals surface area contributed by atoms with E-state index in [9.17, 15) is 14.4 Å². The van der Waals surface area contributed by atoms with Gasteiger partial charge in [-0.2, -0.15) is 0 Å². The van der Waals surface area contributed by atoms with Gasteiger partial charge >= 0.3 is 5.97 Å². The summed E-state index contributed by atoms with van der Waals surface area (Å²) in [4.78, 5) is 35.6. The normalized spacial score (nSPS) is 16.2. The Morgan fingerprint density at radius 2 is 1.80 bits per heavy atom. The summed E-state index contributed by atoms with van der Waals surface area (Å²) in [6.07, 6.45) is 1.77. The first-order valence-electron chi connectivity index (χ1n) is 8.31. The molecule has 0 saturated heterocycles. The molecular weight excluding hydrogens is 344 g/mol. The van der Waals surface area contributed by atoms with Crippen LogP contribution in [0, 0.1) is 5.92 Å². The monoisotopic (exact) mass is 366 g/mol. The minimum Gasteiger partial charge on any atom is -0.480 e. The van der Waals surface area contributed by atoms with Gasteiger partial charge in [0, 0.05) is 5.02 Å². The van der Waals surface area contributed by atoms with Gasteiger partial charge in [0.05, 0.1) is 12.0 Å². The molecular formula is C18H23ClN2O4. The van der Waals surface area contributed by atoms with Crippen LogP contribution in [0.3, 0.4) is 0 Å². The Balaban J connectivity index is 1.90. The second kappa shape index (κ2) is 7.87. The summed E-state index contributed by atoms with van der Waals surface area (Å²) >= 11 is 5.87. The second-order valence-electron chi connectivity index (χ2n) is 6.86. The predicted molar refractivity (Wildman–Crippen MR) is 94.4 cm³/mol. The standard InChI is InChI=1S/C18H23ClN2O4/c1-11(2)9-14(16(23)24)21-15(22)10-20-17(25)18(7-8-18)12-3-5-13(19)6-4-12/h3-6,11,14H,7-10H2,1-2H3,(H,20,25)(H,21,22)(H,23,24)/t14-/m0/s1. The molecule has 0 radical (unpaired) electrons. The number of benzene rings is 1. The van der Waals surface area contributed by atoms with Crippen molar-refractivity contribution in [2.24, 2.45) is 5.92 Å². The van der Waals surface area contributed by atoms with Gasteiger partial charge in [-0.1, -0.05) is 37.6 Å². The smallest absolute Gasteiger partial charge is 0.326 e. The Bertz CT molecular complexity index is 654. The quantitative estimate of drug-likeness (QED) is 0.656. The SMILES string of the molecule is CC(C)C[C@H](NC(=O)CNC(=O)C1(c2ccc(Cl)cc2)CC1)C(=O)O. The molecule has 1 saturated carbocycles. The van der Waals surface area contributed by atoms with Gasteiger partial charge in [0.1, 0.15) is 6.04 Å². The summed E-state index contributed by atoms with van der Waals surface area (Å²) in [6.45, 7) is 3.52.